The van der Waals surface area contributed by atoms with Gasteiger partial charge in [0.2, 0.25) is 5.91 Å². The number of aliphatic hydroxyl groups is 1. The van der Waals surface area contributed by atoms with Crippen molar-refractivity contribution in [1.82, 2.24) is 9.80 Å². The van der Waals surface area contributed by atoms with E-state index in [4.69, 9.17) is 0 Å². The van der Waals surface area contributed by atoms with E-state index in [0.29, 0.717) is 11.8 Å². The summed E-state index contributed by atoms with van der Waals surface area (Å²) in [6.45, 7) is 6.99. The molecule has 0 radical (unpaired) electrons. The Labute approximate surface area is 135 Å². The van der Waals surface area contributed by atoms with Crippen LogP contribution in [0.2, 0.25) is 0 Å². The fourth-order valence-corrected chi connectivity index (χ4v) is 3.82. The number of unbranched alkanes of at least 4 members (excludes halogenated alkanes) is 4. The van der Waals surface area contributed by atoms with Crippen LogP contribution in [0.5, 0.6) is 0 Å². The van der Waals surface area contributed by atoms with Gasteiger partial charge in [0.1, 0.15) is 0 Å². The molecule has 0 unspecified atom stereocenters. The second kappa shape index (κ2) is 9.51. The molecular weight excluding hydrogens is 276 g/mol. The molecule has 0 aliphatic carbocycles. The average Bonchev–Trinajstić information content (AvgIpc) is 2.92. The Kier molecular flexibility index (Phi) is 7.67. The topological polar surface area (TPSA) is 43.8 Å². The molecule has 0 aromatic carbocycles. The summed E-state index contributed by atoms with van der Waals surface area (Å²) in [4.78, 5) is 16.8. The first-order valence-electron chi connectivity index (χ1n) is 9.37. The van der Waals surface area contributed by atoms with Gasteiger partial charge in [-0.15, -0.1) is 0 Å². The maximum Gasteiger partial charge on any atom is 0.222 e. The molecule has 0 aromatic rings. The number of piperidine rings is 1. The van der Waals surface area contributed by atoms with Crippen LogP contribution in [0.4, 0.5) is 0 Å². The van der Waals surface area contributed by atoms with Crippen LogP contribution in [-0.2, 0) is 4.79 Å². The number of aliphatic hydroxyl groups excluding tert-OH is 1. The van der Waals surface area contributed by atoms with Crippen molar-refractivity contribution >= 4 is 5.91 Å². The molecule has 2 heterocycles. The van der Waals surface area contributed by atoms with Gasteiger partial charge in [-0.2, -0.15) is 0 Å². The molecule has 4 heteroatoms. The highest BCUT2D eigenvalue weighted by atomic mass is 16.3. The van der Waals surface area contributed by atoms with E-state index < -0.39 is 0 Å². The average molecular weight is 310 g/mol. The third-order valence-electron chi connectivity index (χ3n) is 5.13. The monoisotopic (exact) mass is 310 g/mol. The lowest BCUT2D eigenvalue weighted by atomic mass is 9.97. The van der Waals surface area contributed by atoms with Crippen LogP contribution in [0.3, 0.4) is 0 Å². The Hall–Kier alpha value is -0.610. The summed E-state index contributed by atoms with van der Waals surface area (Å²) < 4.78 is 0. The smallest absolute Gasteiger partial charge is 0.222 e. The maximum absolute atomic E-state index is 12.3. The maximum atomic E-state index is 12.3. The second-order valence-electron chi connectivity index (χ2n) is 7.21. The number of likely N-dealkylation sites (tertiary alicyclic amines) is 2. The van der Waals surface area contributed by atoms with Gasteiger partial charge < -0.3 is 14.9 Å². The van der Waals surface area contributed by atoms with Crippen LogP contribution in [0, 0.1) is 5.92 Å². The standard InChI is InChI=1S/C18H34N2O2/c1-2-3-4-5-6-9-18(22)20-11-7-8-16(14-20)13-19-12-10-17(21)15-19/h16-17,21H,2-15H2,1H3/t16-,17-/m1/s1. The number of β-amino-alcohol motifs (C(OH)–C–C–N with tert-alkyl or cyclic N) is 1. The lowest BCUT2D eigenvalue weighted by molar-refractivity contribution is -0.133. The molecule has 0 aromatic heterocycles. The zero-order valence-electron chi connectivity index (χ0n) is 14.3. The second-order valence-corrected chi connectivity index (χ2v) is 7.21. The van der Waals surface area contributed by atoms with E-state index in [1.807, 2.05) is 0 Å². The van der Waals surface area contributed by atoms with Gasteiger partial charge in [-0.25, -0.2) is 0 Å². The van der Waals surface area contributed by atoms with E-state index in [1.165, 1.54) is 32.1 Å². The van der Waals surface area contributed by atoms with E-state index in [9.17, 15) is 9.90 Å². The van der Waals surface area contributed by atoms with E-state index in [-0.39, 0.29) is 6.10 Å². The predicted molar refractivity (Wildman–Crippen MR) is 89.7 cm³/mol. The van der Waals surface area contributed by atoms with Crippen molar-refractivity contribution < 1.29 is 9.90 Å². The molecule has 0 bridgehead atoms. The SMILES string of the molecule is CCCCCCCC(=O)N1CCC[C@H](CN2CC[C@@H](O)C2)C1. The van der Waals surface area contributed by atoms with Crippen LogP contribution in [0.25, 0.3) is 0 Å². The first kappa shape index (κ1) is 17.7. The third kappa shape index (κ3) is 5.88. The van der Waals surface area contributed by atoms with Crippen molar-refractivity contribution in [3.63, 3.8) is 0 Å². The molecule has 0 saturated carbocycles. The van der Waals surface area contributed by atoms with Crippen molar-refractivity contribution in [2.75, 3.05) is 32.7 Å². The summed E-state index contributed by atoms with van der Waals surface area (Å²) in [6, 6.07) is 0. The van der Waals surface area contributed by atoms with E-state index >= 15 is 0 Å². The van der Waals surface area contributed by atoms with Crippen molar-refractivity contribution in [3.05, 3.63) is 0 Å². The Morgan fingerprint density at radius 2 is 1.91 bits per heavy atom. The van der Waals surface area contributed by atoms with Gasteiger partial charge in [0, 0.05) is 39.1 Å². The minimum atomic E-state index is -0.135. The summed E-state index contributed by atoms with van der Waals surface area (Å²) >= 11 is 0. The molecule has 2 atom stereocenters. The van der Waals surface area contributed by atoms with E-state index in [0.717, 1.165) is 58.4 Å². The van der Waals surface area contributed by atoms with Crippen LogP contribution < -0.4 is 0 Å². The molecule has 22 heavy (non-hydrogen) atoms. The third-order valence-corrected chi connectivity index (χ3v) is 5.13. The summed E-state index contributed by atoms with van der Waals surface area (Å²) in [5.41, 5.74) is 0. The molecule has 128 valence electrons. The van der Waals surface area contributed by atoms with E-state index in [1.54, 1.807) is 0 Å². The zero-order chi connectivity index (χ0) is 15.8. The summed E-state index contributed by atoms with van der Waals surface area (Å²) in [5, 5.41) is 9.62. The normalized spacial score (nSPS) is 26.5. The molecule has 4 nitrogen and oxygen atoms in total. The van der Waals surface area contributed by atoms with Gasteiger partial charge in [0.15, 0.2) is 0 Å². The largest absolute Gasteiger partial charge is 0.392 e. The predicted octanol–water partition coefficient (Wildman–Crippen LogP) is 2.65. The molecule has 2 aliphatic heterocycles. The lowest BCUT2D eigenvalue weighted by Crippen LogP contribution is -2.43. The van der Waals surface area contributed by atoms with Gasteiger partial charge in [-0.3, -0.25) is 4.79 Å². The number of nitrogens with zero attached hydrogens (tertiary/aromatic N) is 2. The number of hydrogen-bond acceptors (Lipinski definition) is 3. The van der Waals surface area contributed by atoms with Gasteiger partial charge in [-0.05, 0) is 31.6 Å². The highest BCUT2D eigenvalue weighted by Gasteiger charge is 2.27. The Morgan fingerprint density at radius 1 is 1.09 bits per heavy atom. The fourth-order valence-electron chi connectivity index (χ4n) is 3.82. The molecule has 0 spiro atoms. The highest BCUT2D eigenvalue weighted by Crippen LogP contribution is 2.21. The number of carbonyl (C=O) groups is 1. The van der Waals surface area contributed by atoms with Gasteiger partial charge in [0.05, 0.1) is 6.10 Å². The lowest BCUT2D eigenvalue weighted by Gasteiger charge is -2.34. The summed E-state index contributed by atoms with van der Waals surface area (Å²) in [6.07, 6.45) is 9.95. The van der Waals surface area contributed by atoms with Gasteiger partial charge in [0.25, 0.3) is 0 Å². The van der Waals surface area contributed by atoms with Crippen molar-refractivity contribution in [2.45, 2.75) is 70.8 Å². The Bertz CT molecular complexity index is 335. The van der Waals surface area contributed by atoms with Crippen molar-refractivity contribution in [2.24, 2.45) is 5.92 Å². The van der Waals surface area contributed by atoms with Crippen LogP contribution in [0.15, 0.2) is 0 Å². The highest BCUT2D eigenvalue weighted by molar-refractivity contribution is 5.76. The van der Waals surface area contributed by atoms with Crippen molar-refractivity contribution in [3.8, 4) is 0 Å². The quantitative estimate of drug-likeness (QED) is 0.701. The summed E-state index contributed by atoms with van der Waals surface area (Å²) in [7, 11) is 0. The molecule has 1 N–H and O–H groups in total. The number of hydrogen-bond donors (Lipinski definition) is 1. The Balaban J connectivity index is 1.65. The molecular formula is C18H34N2O2. The number of rotatable bonds is 8. The number of carbonyl (C=O) groups excluding carboxylic acids is 1. The van der Waals surface area contributed by atoms with Crippen LogP contribution in [0.1, 0.15) is 64.7 Å². The van der Waals surface area contributed by atoms with E-state index in [2.05, 4.69) is 16.7 Å². The van der Waals surface area contributed by atoms with Gasteiger partial charge in [-0.1, -0.05) is 32.6 Å². The minimum Gasteiger partial charge on any atom is -0.392 e. The zero-order valence-corrected chi connectivity index (χ0v) is 14.3. The first-order chi connectivity index (χ1) is 10.7. The van der Waals surface area contributed by atoms with Crippen LogP contribution >= 0.6 is 0 Å². The molecule has 2 aliphatic rings. The number of amides is 1. The minimum absolute atomic E-state index is 0.135. The summed E-state index contributed by atoms with van der Waals surface area (Å²) in [5.74, 6) is 0.964. The first-order valence-corrected chi connectivity index (χ1v) is 9.37. The molecule has 2 saturated heterocycles. The van der Waals surface area contributed by atoms with Crippen molar-refractivity contribution in [1.29, 1.82) is 0 Å². The fraction of sp³-hybridized carbons (Fsp3) is 0.944. The van der Waals surface area contributed by atoms with Gasteiger partial charge >= 0.3 is 0 Å². The molecule has 1 amide bonds. The van der Waals surface area contributed by atoms with Crippen LogP contribution in [-0.4, -0.2) is 59.6 Å². The molecule has 2 rings (SSSR count). The molecule has 2 fully saturated rings. The Morgan fingerprint density at radius 3 is 2.64 bits per heavy atom.